The highest BCUT2D eigenvalue weighted by Crippen LogP contribution is 2.31. The van der Waals surface area contributed by atoms with Crippen LogP contribution in [0, 0.1) is 13.8 Å². The molecule has 2 aromatic rings. The van der Waals surface area contributed by atoms with Gasteiger partial charge in [-0.3, -0.25) is 9.59 Å². The molecule has 0 radical (unpaired) electrons. The number of nitrogens with one attached hydrogen (secondary N) is 1. The molecule has 0 atom stereocenters. The number of likely N-dealkylation sites (tertiary alicyclic amines) is 1. The Morgan fingerprint density at radius 2 is 2.00 bits per heavy atom. The predicted octanol–water partition coefficient (Wildman–Crippen LogP) is 4.86. The molecule has 1 aliphatic carbocycles. The first-order valence-electron chi connectivity index (χ1n) is 11.2. The molecule has 1 aliphatic heterocycles. The van der Waals surface area contributed by atoms with Gasteiger partial charge in [0.05, 0.1) is 15.7 Å². The van der Waals surface area contributed by atoms with Crippen LogP contribution in [-0.2, 0) is 0 Å². The third kappa shape index (κ3) is 5.41. The van der Waals surface area contributed by atoms with Gasteiger partial charge < -0.3 is 10.2 Å². The van der Waals surface area contributed by atoms with Gasteiger partial charge in [-0.2, -0.15) is 0 Å². The van der Waals surface area contributed by atoms with E-state index in [1.54, 1.807) is 11.3 Å². The zero-order valence-electron chi connectivity index (χ0n) is 18.3. The lowest BCUT2D eigenvalue weighted by Gasteiger charge is -2.30. The number of allylic oxidation sites excluding steroid dienone is 1. The molecule has 2 aliphatic rings. The fourth-order valence-corrected chi connectivity index (χ4v) is 6.20. The zero-order valence-corrected chi connectivity index (χ0v) is 19.9. The summed E-state index contributed by atoms with van der Waals surface area (Å²) in [5.41, 5.74) is 2.81. The van der Waals surface area contributed by atoms with E-state index in [1.165, 1.54) is 42.6 Å². The summed E-state index contributed by atoms with van der Waals surface area (Å²) in [5, 5.41) is 6.82. The van der Waals surface area contributed by atoms with Crippen molar-refractivity contribution in [3.63, 3.8) is 0 Å². The largest absolute Gasteiger partial charge is 0.350 e. The molecule has 1 saturated heterocycles. The highest BCUT2D eigenvalue weighted by molar-refractivity contribution is 7.13. The first-order chi connectivity index (χ1) is 15.0. The van der Waals surface area contributed by atoms with Gasteiger partial charge in [0.15, 0.2) is 0 Å². The van der Waals surface area contributed by atoms with E-state index in [-0.39, 0.29) is 11.8 Å². The van der Waals surface area contributed by atoms with Gasteiger partial charge in [-0.15, -0.1) is 22.7 Å². The molecular formula is C23H30N4O2S2. The summed E-state index contributed by atoms with van der Waals surface area (Å²) in [6.07, 6.45) is 9.92. The topological polar surface area (TPSA) is 75.2 Å². The van der Waals surface area contributed by atoms with Crippen molar-refractivity contribution in [2.24, 2.45) is 0 Å². The summed E-state index contributed by atoms with van der Waals surface area (Å²) >= 11 is 3.04. The minimum atomic E-state index is -0.0810. The minimum Gasteiger partial charge on any atom is -0.350 e. The van der Waals surface area contributed by atoms with Crippen LogP contribution in [-0.4, -0.2) is 46.3 Å². The highest BCUT2D eigenvalue weighted by Gasteiger charge is 2.28. The standard InChI is InChI=1S/C23H30N4O2S2/c1-15-20(31-16(2)25-15)23(29)27-12-9-18(10-13-27)22-26-19(14-30-22)21(28)24-11-8-17-6-4-3-5-7-17/h6,14,18H,3-5,7-13H2,1-2H3,(H,24,28). The number of amides is 2. The summed E-state index contributed by atoms with van der Waals surface area (Å²) in [4.78, 5) is 37.0. The van der Waals surface area contributed by atoms with Crippen molar-refractivity contribution < 1.29 is 9.59 Å². The van der Waals surface area contributed by atoms with E-state index >= 15 is 0 Å². The van der Waals surface area contributed by atoms with E-state index in [4.69, 9.17) is 0 Å². The normalized spacial score (nSPS) is 17.5. The second-order valence-corrected chi connectivity index (χ2v) is 10.5. The van der Waals surface area contributed by atoms with Crippen LogP contribution < -0.4 is 5.32 Å². The molecular weight excluding hydrogens is 428 g/mol. The second kappa shape index (κ2) is 10.0. The van der Waals surface area contributed by atoms with Gasteiger partial charge in [-0.25, -0.2) is 9.97 Å². The molecule has 8 heteroatoms. The van der Waals surface area contributed by atoms with Crippen LogP contribution in [0.5, 0.6) is 0 Å². The molecule has 1 fully saturated rings. The Bertz CT molecular complexity index is 970. The number of thiazole rings is 2. The average Bonchev–Trinajstić information content (AvgIpc) is 3.40. The molecule has 3 heterocycles. The summed E-state index contributed by atoms with van der Waals surface area (Å²) in [7, 11) is 0. The maximum atomic E-state index is 12.8. The van der Waals surface area contributed by atoms with Crippen molar-refractivity contribution in [3.05, 3.63) is 43.3 Å². The molecule has 166 valence electrons. The van der Waals surface area contributed by atoms with E-state index < -0.39 is 0 Å². The fourth-order valence-electron chi connectivity index (χ4n) is 4.34. The number of aryl methyl sites for hydroxylation is 2. The van der Waals surface area contributed by atoms with Crippen molar-refractivity contribution in [3.8, 4) is 0 Å². The Hall–Kier alpha value is -2.06. The number of piperidine rings is 1. The Morgan fingerprint density at radius 1 is 1.19 bits per heavy atom. The Morgan fingerprint density at radius 3 is 2.68 bits per heavy atom. The van der Waals surface area contributed by atoms with E-state index in [2.05, 4.69) is 21.4 Å². The monoisotopic (exact) mass is 458 g/mol. The average molecular weight is 459 g/mol. The van der Waals surface area contributed by atoms with Crippen LogP contribution in [0.1, 0.15) is 86.7 Å². The number of hydrogen-bond donors (Lipinski definition) is 1. The number of nitrogens with zero attached hydrogens (tertiary/aromatic N) is 3. The number of rotatable bonds is 6. The molecule has 0 aromatic carbocycles. The summed E-state index contributed by atoms with van der Waals surface area (Å²) in [6.45, 7) is 5.95. The lowest BCUT2D eigenvalue weighted by Crippen LogP contribution is -2.37. The molecule has 4 rings (SSSR count). The SMILES string of the molecule is Cc1nc(C)c(C(=O)N2CCC(c3nc(C(=O)NCCC4=CCCCC4)cs3)CC2)s1. The van der Waals surface area contributed by atoms with Crippen LogP contribution in [0.4, 0.5) is 0 Å². The van der Waals surface area contributed by atoms with Gasteiger partial charge in [0.25, 0.3) is 11.8 Å². The summed E-state index contributed by atoms with van der Waals surface area (Å²) < 4.78 is 0. The van der Waals surface area contributed by atoms with Crippen molar-refractivity contribution in [2.75, 3.05) is 19.6 Å². The molecule has 2 amide bonds. The maximum absolute atomic E-state index is 12.8. The van der Waals surface area contributed by atoms with Crippen molar-refractivity contribution >= 4 is 34.5 Å². The third-order valence-electron chi connectivity index (χ3n) is 6.10. The van der Waals surface area contributed by atoms with E-state index in [9.17, 15) is 9.59 Å². The van der Waals surface area contributed by atoms with Gasteiger partial charge in [0.2, 0.25) is 0 Å². The predicted molar refractivity (Wildman–Crippen MR) is 125 cm³/mol. The highest BCUT2D eigenvalue weighted by atomic mass is 32.1. The van der Waals surface area contributed by atoms with Crippen molar-refractivity contribution in [1.82, 2.24) is 20.2 Å². The number of hydrogen-bond acceptors (Lipinski definition) is 6. The summed E-state index contributed by atoms with van der Waals surface area (Å²) in [5.74, 6) is 0.323. The number of aromatic nitrogens is 2. The van der Waals surface area contributed by atoms with E-state index in [0.717, 1.165) is 52.9 Å². The molecule has 2 aromatic heterocycles. The minimum absolute atomic E-state index is 0.0810. The van der Waals surface area contributed by atoms with Crippen LogP contribution in [0.25, 0.3) is 0 Å². The molecule has 0 spiro atoms. The molecule has 1 N–H and O–H groups in total. The molecule has 0 saturated carbocycles. The van der Waals surface area contributed by atoms with Crippen LogP contribution in [0.3, 0.4) is 0 Å². The lowest BCUT2D eigenvalue weighted by molar-refractivity contribution is 0.0717. The third-order valence-corrected chi connectivity index (χ3v) is 8.17. The lowest BCUT2D eigenvalue weighted by atomic mass is 9.97. The zero-order chi connectivity index (χ0) is 21.8. The van der Waals surface area contributed by atoms with Gasteiger partial charge >= 0.3 is 0 Å². The van der Waals surface area contributed by atoms with E-state index in [1.807, 2.05) is 24.1 Å². The van der Waals surface area contributed by atoms with Crippen LogP contribution in [0.15, 0.2) is 17.0 Å². The van der Waals surface area contributed by atoms with Crippen molar-refractivity contribution in [1.29, 1.82) is 0 Å². The first kappa shape index (κ1) is 22.1. The first-order valence-corrected chi connectivity index (χ1v) is 12.9. The van der Waals surface area contributed by atoms with Gasteiger partial charge in [-0.05, 0) is 58.8 Å². The summed E-state index contributed by atoms with van der Waals surface area (Å²) in [6, 6.07) is 0. The Kier molecular flexibility index (Phi) is 7.17. The Balaban J connectivity index is 1.26. The molecule has 31 heavy (non-hydrogen) atoms. The van der Waals surface area contributed by atoms with Gasteiger partial charge in [0.1, 0.15) is 10.6 Å². The van der Waals surface area contributed by atoms with Gasteiger partial charge in [0, 0.05) is 30.9 Å². The van der Waals surface area contributed by atoms with E-state index in [0.29, 0.717) is 18.2 Å². The molecule has 0 unspecified atom stereocenters. The number of carbonyl (C=O) groups is 2. The molecule has 6 nitrogen and oxygen atoms in total. The van der Waals surface area contributed by atoms with Crippen LogP contribution in [0.2, 0.25) is 0 Å². The molecule has 0 bridgehead atoms. The smallest absolute Gasteiger partial charge is 0.270 e. The van der Waals surface area contributed by atoms with Gasteiger partial charge in [-0.1, -0.05) is 11.6 Å². The number of carbonyl (C=O) groups excluding carboxylic acids is 2. The van der Waals surface area contributed by atoms with Crippen molar-refractivity contribution in [2.45, 2.75) is 64.7 Å². The Labute approximate surface area is 191 Å². The van der Waals surface area contributed by atoms with Crippen LogP contribution >= 0.6 is 22.7 Å². The second-order valence-electron chi connectivity index (χ2n) is 8.40. The quantitative estimate of drug-likeness (QED) is 0.628. The maximum Gasteiger partial charge on any atom is 0.270 e. The fraction of sp³-hybridized carbons (Fsp3) is 0.565.